The van der Waals surface area contributed by atoms with Gasteiger partial charge < -0.3 is 20.1 Å². The molecule has 7 nitrogen and oxygen atoms in total. The molecule has 9 heteroatoms. The highest BCUT2D eigenvalue weighted by molar-refractivity contribution is 8.00. The van der Waals surface area contributed by atoms with Gasteiger partial charge in [-0.1, -0.05) is 57.2 Å². The molecule has 3 aromatic carbocycles. The number of anilines is 2. The van der Waals surface area contributed by atoms with Gasteiger partial charge in [0.1, 0.15) is 16.0 Å². The summed E-state index contributed by atoms with van der Waals surface area (Å²) in [5.74, 6) is 0.243. The number of benzene rings is 3. The Balaban J connectivity index is 1.39. The lowest BCUT2D eigenvalue weighted by molar-refractivity contribution is -0.115. The Hall–Kier alpha value is -4.08. The Bertz CT molecular complexity index is 1680. The number of fused-ring (bicyclic) bond motifs is 1. The maximum Gasteiger partial charge on any atom is 0.341 e. The van der Waals surface area contributed by atoms with Crippen LogP contribution < -0.4 is 15.4 Å². The van der Waals surface area contributed by atoms with Crippen molar-refractivity contribution < 1.29 is 23.9 Å². The van der Waals surface area contributed by atoms with Crippen molar-refractivity contribution in [2.24, 2.45) is 11.3 Å². The maximum atomic E-state index is 14.1. The first kappa shape index (κ1) is 32.3. The fourth-order valence-corrected chi connectivity index (χ4v) is 7.94. The smallest absolute Gasteiger partial charge is 0.341 e. The molecule has 1 aliphatic carbocycles. The summed E-state index contributed by atoms with van der Waals surface area (Å²) < 4.78 is 10.4. The van der Waals surface area contributed by atoms with Crippen molar-refractivity contribution in [2.45, 2.75) is 50.2 Å². The Labute approximate surface area is 272 Å². The van der Waals surface area contributed by atoms with E-state index in [9.17, 15) is 14.4 Å². The monoisotopic (exact) mass is 642 g/mol. The van der Waals surface area contributed by atoms with Gasteiger partial charge in [0.25, 0.3) is 5.91 Å². The van der Waals surface area contributed by atoms with Gasteiger partial charge in [-0.3, -0.25) is 9.59 Å². The third-order valence-electron chi connectivity index (χ3n) is 8.15. The summed E-state index contributed by atoms with van der Waals surface area (Å²) in [7, 11) is 2.96. The standard InChI is InChI=1S/C36H38N2O5S2/c1-36(2,3)24-16-19-28-29(20-24)45-34(30(28)35(41)43-5)38-33(40)31(22-10-7-6-8-11-22)44-27-13-9-12-25(21-27)37-32(39)23-14-17-26(42-4)18-15-23/h6-15,17-18,21,24,31H,16,19-20H2,1-5H3,(H,37,39)(H,38,40). The Morgan fingerprint density at radius 1 is 0.933 bits per heavy atom. The van der Waals surface area contributed by atoms with E-state index in [1.165, 1.54) is 30.2 Å². The number of methoxy groups -OCH3 is 2. The second kappa shape index (κ2) is 13.9. The zero-order valence-corrected chi connectivity index (χ0v) is 27.8. The number of nitrogens with one attached hydrogen (secondary N) is 2. The molecule has 0 saturated carbocycles. The number of esters is 1. The summed E-state index contributed by atoms with van der Waals surface area (Å²) in [6.07, 6.45) is 2.63. The van der Waals surface area contributed by atoms with Crippen LogP contribution in [0.3, 0.4) is 0 Å². The minimum absolute atomic E-state index is 0.147. The van der Waals surface area contributed by atoms with Gasteiger partial charge in [-0.2, -0.15) is 0 Å². The first-order valence-electron chi connectivity index (χ1n) is 14.9. The third-order valence-corrected chi connectivity index (χ3v) is 10.6. The highest BCUT2D eigenvalue weighted by Crippen LogP contribution is 2.45. The molecule has 0 bridgehead atoms. The molecule has 0 saturated heterocycles. The molecular weight excluding hydrogens is 605 g/mol. The van der Waals surface area contributed by atoms with Crippen molar-refractivity contribution >= 4 is 51.6 Å². The fourth-order valence-electron chi connectivity index (χ4n) is 5.54. The van der Waals surface area contributed by atoms with E-state index in [2.05, 4.69) is 31.4 Å². The number of hydrogen-bond donors (Lipinski definition) is 2. The zero-order valence-electron chi connectivity index (χ0n) is 26.1. The van der Waals surface area contributed by atoms with Crippen LogP contribution in [0.25, 0.3) is 0 Å². The summed E-state index contributed by atoms with van der Waals surface area (Å²) in [4.78, 5) is 41.9. The molecule has 0 fully saturated rings. The van der Waals surface area contributed by atoms with Crippen molar-refractivity contribution in [2.75, 3.05) is 24.9 Å². The van der Waals surface area contributed by atoms with Gasteiger partial charge >= 0.3 is 5.97 Å². The summed E-state index contributed by atoms with van der Waals surface area (Å²) in [5.41, 5.74) is 3.55. The molecule has 234 valence electrons. The van der Waals surface area contributed by atoms with Gasteiger partial charge in [-0.15, -0.1) is 23.1 Å². The molecule has 45 heavy (non-hydrogen) atoms. The Morgan fingerprint density at radius 3 is 2.33 bits per heavy atom. The average Bonchev–Trinajstić information content (AvgIpc) is 3.40. The molecule has 0 spiro atoms. The lowest BCUT2D eigenvalue weighted by Crippen LogP contribution is -2.26. The maximum absolute atomic E-state index is 14.1. The summed E-state index contributed by atoms with van der Waals surface area (Å²) >= 11 is 2.86. The van der Waals surface area contributed by atoms with Gasteiger partial charge in [0.05, 0.1) is 19.8 Å². The second-order valence-electron chi connectivity index (χ2n) is 12.1. The number of amides is 2. The van der Waals surface area contributed by atoms with Crippen LogP contribution in [0, 0.1) is 11.3 Å². The molecule has 2 atom stereocenters. The summed E-state index contributed by atoms with van der Waals surface area (Å²) in [6.45, 7) is 6.75. The molecule has 4 aromatic rings. The van der Waals surface area contributed by atoms with Crippen LogP contribution in [0.2, 0.25) is 0 Å². The summed E-state index contributed by atoms with van der Waals surface area (Å²) in [5, 5.41) is 5.97. The first-order chi connectivity index (χ1) is 21.6. The first-order valence-corrected chi connectivity index (χ1v) is 16.6. The van der Waals surface area contributed by atoms with Gasteiger partial charge in [-0.25, -0.2) is 4.79 Å². The van der Waals surface area contributed by atoms with Crippen LogP contribution in [0.15, 0.2) is 83.8 Å². The van der Waals surface area contributed by atoms with Crippen molar-refractivity contribution in [3.63, 3.8) is 0 Å². The molecular formula is C36H38N2O5S2. The Kier molecular flexibility index (Phi) is 9.99. The number of rotatable bonds is 9. The van der Waals surface area contributed by atoms with Crippen molar-refractivity contribution in [1.29, 1.82) is 0 Å². The Morgan fingerprint density at radius 2 is 1.67 bits per heavy atom. The van der Waals surface area contributed by atoms with Crippen molar-refractivity contribution in [3.05, 3.63) is 106 Å². The number of thiophene rings is 1. The van der Waals surface area contributed by atoms with Gasteiger partial charge in [0.15, 0.2) is 0 Å². The van der Waals surface area contributed by atoms with E-state index < -0.39 is 11.2 Å². The normalized spacial score (nSPS) is 15.0. The van der Waals surface area contributed by atoms with Gasteiger partial charge in [0, 0.05) is 21.0 Å². The number of carbonyl (C=O) groups is 3. The predicted molar refractivity (Wildman–Crippen MR) is 182 cm³/mol. The van der Waals surface area contributed by atoms with Gasteiger partial charge in [0.2, 0.25) is 5.91 Å². The van der Waals surface area contributed by atoms with Crippen LogP contribution in [0.1, 0.15) is 69.2 Å². The van der Waals surface area contributed by atoms with E-state index in [-0.39, 0.29) is 17.2 Å². The minimum atomic E-state index is -0.620. The molecule has 2 amide bonds. The van der Waals surface area contributed by atoms with Crippen LogP contribution in [-0.4, -0.2) is 32.0 Å². The summed E-state index contributed by atoms with van der Waals surface area (Å²) in [6, 6.07) is 23.9. The topological polar surface area (TPSA) is 93.7 Å². The van der Waals surface area contributed by atoms with Crippen LogP contribution >= 0.6 is 23.1 Å². The van der Waals surface area contributed by atoms with E-state index in [1.807, 2.05) is 54.6 Å². The number of thioether (sulfide) groups is 1. The van der Waals surface area contributed by atoms with E-state index in [1.54, 1.807) is 31.4 Å². The van der Waals surface area contributed by atoms with Crippen LogP contribution in [0.4, 0.5) is 10.7 Å². The van der Waals surface area contributed by atoms with Crippen molar-refractivity contribution in [3.8, 4) is 5.75 Å². The van der Waals surface area contributed by atoms with E-state index >= 15 is 0 Å². The minimum Gasteiger partial charge on any atom is -0.497 e. The average molecular weight is 643 g/mol. The highest BCUT2D eigenvalue weighted by atomic mass is 32.2. The zero-order chi connectivity index (χ0) is 32.1. The quantitative estimate of drug-likeness (QED) is 0.141. The molecule has 1 aliphatic rings. The largest absolute Gasteiger partial charge is 0.497 e. The fraction of sp³-hybridized carbons (Fsp3) is 0.306. The second-order valence-corrected chi connectivity index (χ2v) is 14.4. The number of carbonyl (C=O) groups excluding carboxylic acids is 3. The van der Waals surface area contributed by atoms with E-state index in [4.69, 9.17) is 9.47 Å². The highest BCUT2D eigenvalue weighted by Gasteiger charge is 2.35. The van der Waals surface area contributed by atoms with Crippen LogP contribution in [-0.2, 0) is 22.4 Å². The lowest BCUT2D eigenvalue weighted by atomic mass is 9.72. The number of hydrogen-bond acceptors (Lipinski definition) is 7. The molecule has 1 heterocycles. The van der Waals surface area contributed by atoms with E-state index in [0.717, 1.165) is 40.2 Å². The van der Waals surface area contributed by atoms with Gasteiger partial charge in [-0.05, 0) is 84.2 Å². The van der Waals surface area contributed by atoms with Crippen LogP contribution in [0.5, 0.6) is 5.75 Å². The SMILES string of the molecule is COC(=O)c1c(NC(=O)C(Sc2cccc(NC(=O)c3ccc(OC)cc3)c2)c2ccccc2)sc2c1CCC(C(C)(C)C)C2. The molecule has 0 radical (unpaired) electrons. The molecule has 5 rings (SSSR count). The van der Waals surface area contributed by atoms with E-state index in [0.29, 0.717) is 33.5 Å². The molecule has 2 unspecified atom stereocenters. The predicted octanol–water partition coefficient (Wildman–Crippen LogP) is 8.42. The third kappa shape index (κ3) is 7.60. The lowest BCUT2D eigenvalue weighted by Gasteiger charge is -2.33. The molecule has 1 aromatic heterocycles. The molecule has 0 aliphatic heterocycles. The molecule has 2 N–H and O–H groups in total. The van der Waals surface area contributed by atoms with Crippen molar-refractivity contribution in [1.82, 2.24) is 0 Å². The number of ether oxygens (including phenoxy) is 2.